The number of halogens is 1. The Bertz CT molecular complexity index is 787. The molecule has 118 valence electrons. The minimum Gasteiger partial charge on any atom is -0.339 e. The van der Waals surface area contributed by atoms with Gasteiger partial charge in [0.25, 0.3) is 0 Å². The standard InChI is InChI=1S/C17H16FN3OS/c18-14-5-2-1-4-12(14)10-21-8-7-13(11-21)17-19-16(20-22-17)15-6-3-9-23-15/h1-6,9,13H,7-8,10-11H2/t13-/m0/s1. The van der Waals surface area contributed by atoms with Gasteiger partial charge in [0.1, 0.15) is 5.82 Å². The fourth-order valence-electron chi connectivity index (χ4n) is 2.95. The van der Waals surface area contributed by atoms with E-state index in [0.717, 1.165) is 30.0 Å². The van der Waals surface area contributed by atoms with Gasteiger partial charge in [0.2, 0.25) is 11.7 Å². The van der Waals surface area contributed by atoms with E-state index >= 15 is 0 Å². The number of likely N-dealkylation sites (tertiary alicyclic amines) is 1. The summed E-state index contributed by atoms with van der Waals surface area (Å²) < 4.78 is 19.2. The highest BCUT2D eigenvalue weighted by Gasteiger charge is 2.29. The maximum atomic E-state index is 13.8. The van der Waals surface area contributed by atoms with Crippen molar-refractivity contribution in [3.05, 3.63) is 59.0 Å². The van der Waals surface area contributed by atoms with Crippen LogP contribution in [0.25, 0.3) is 10.7 Å². The molecule has 0 saturated carbocycles. The number of nitrogens with zero attached hydrogens (tertiary/aromatic N) is 3. The quantitative estimate of drug-likeness (QED) is 0.727. The lowest BCUT2D eigenvalue weighted by atomic mass is 10.1. The van der Waals surface area contributed by atoms with Crippen LogP contribution in [0.1, 0.15) is 23.8 Å². The average Bonchev–Trinajstić information content (AvgIpc) is 3.30. The number of thiophene rings is 1. The molecule has 1 aliphatic heterocycles. The summed E-state index contributed by atoms with van der Waals surface area (Å²) >= 11 is 1.60. The maximum Gasteiger partial charge on any atom is 0.231 e. The van der Waals surface area contributed by atoms with Crippen LogP contribution in [0.4, 0.5) is 4.39 Å². The van der Waals surface area contributed by atoms with Gasteiger partial charge in [-0.2, -0.15) is 4.98 Å². The molecule has 23 heavy (non-hydrogen) atoms. The van der Waals surface area contributed by atoms with Crippen molar-refractivity contribution in [1.29, 1.82) is 0 Å². The second-order valence-electron chi connectivity index (χ2n) is 5.75. The second kappa shape index (κ2) is 6.22. The normalized spacial score (nSPS) is 18.6. The van der Waals surface area contributed by atoms with E-state index in [2.05, 4.69) is 15.0 Å². The molecule has 1 fully saturated rings. The number of hydrogen-bond donors (Lipinski definition) is 0. The molecule has 0 aliphatic carbocycles. The van der Waals surface area contributed by atoms with Crippen molar-refractivity contribution < 1.29 is 8.91 Å². The van der Waals surface area contributed by atoms with E-state index in [1.54, 1.807) is 17.4 Å². The smallest absolute Gasteiger partial charge is 0.231 e. The van der Waals surface area contributed by atoms with Crippen molar-refractivity contribution in [2.45, 2.75) is 18.9 Å². The van der Waals surface area contributed by atoms with Crippen LogP contribution >= 0.6 is 11.3 Å². The monoisotopic (exact) mass is 329 g/mol. The van der Waals surface area contributed by atoms with Gasteiger partial charge in [0.15, 0.2) is 0 Å². The van der Waals surface area contributed by atoms with Gasteiger partial charge in [-0.05, 0) is 30.5 Å². The molecule has 4 rings (SSSR count). The SMILES string of the molecule is Fc1ccccc1CN1CC[C@H](c2nc(-c3cccs3)no2)C1. The Morgan fingerprint density at radius 2 is 2.17 bits per heavy atom. The number of benzene rings is 1. The van der Waals surface area contributed by atoms with Crippen LogP contribution < -0.4 is 0 Å². The van der Waals surface area contributed by atoms with Crippen LogP contribution in [-0.4, -0.2) is 28.1 Å². The third-order valence-electron chi connectivity index (χ3n) is 4.16. The van der Waals surface area contributed by atoms with Crippen molar-refractivity contribution in [2.75, 3.05) is 13.1 Å². The summed E-state index contributed by atoms with van der Waals surface area (Å²) in [5.74, 6) is 1.42. The molecular formula is C17H16FN3OS. The minimum atomic E-state index is -0.145. The predicted octanol–water partition coefficient (Wildman–Crippen LogP) is 3.93. The molecule has 2 aromatic heterocycles. The topological polar surface area (TPSA) is 42.2 Å². The minimum absolute atomic E-state index is 0.145. The summed E-state index contributed by atoms with van der Waals surface area (Å²) in [5, 5.41) is 6.07. The van der Waals surface area contributed by atoms with Crippen molar-refractivity contribution in [1.82, 2.24) is 15.0 Å². The van der Waals surface area contributed by atoms with Gasteiger partial charge in [-0.25, -0.2) is 4.39 Å². The van der Waals surface area contributed by atoms with Gasteiger partial charge in [-0.15, -0.1) is 11.3 Å². The lowest BCUT2D eigenvalue weighted by Crippen LogP contribution is -2.20. The molecule has 1 aliphatic rings. The van der Waals surface area contributed by atoms with E-state index in [-0.39, 0.29) is 11.7 Å². The van der Waals surface area contributed by atoms with Crippen LogP contribution in [0, 0.1) is 5.82 Å². The number of rotatable bonds is 4. The van der Waals surface area contributed by atoms with Crippen LogP contribution in [0.2, 0.25) is 0 Å². The highest BCUT2D eigenvalue weighted by Crippen LogP contribution is 2.30. The van der Waals surface area contributed by atoms with E-state index in [4.69, 9.17) is 4.52 Å². The van der Waals surface area contributed by atoms with Crippen LogP contribution in [-0.2, 0) is 6.54 Å². The van der Waals surface area contributed by atoms with Gasteiger partial charge in [0, 0.05) is 18.7 Å². The molecule has 3 heterocycles. The largest absolute Gasteiger partial charge is 0.339 e. The Balaban J connectivity index is 1.43. The van der Waals surface area contributed by atoms with Crippen LogP contribution in [0.5, 0.6) is 0 Å². The predicted molar refractivity (Wildman–Crippen MR) is 86.6 cm³/mol. The Morgan fingerprint density at radius 1 is 1.26 bits per heavy atom. The van der Waals surface area contributed by atoms with Crippen LogP contribution in [0.15, 0.2) is 46.3 Å². The molecule has 3 aromatic rings. The summed E-state index contributed by atoms with van der Waals surface area (Å²) in [4.78, 5) is 7.77. The summed E-state index contributed by atoms with van der Waals surface area (Å²) in [6.45, 7) is 2.35. The number of hydrogen-bond acceptors (Lipinski definition) is 5. The van der Waals surface area contributed by atoms with E-state index in [9.17, 15) is 4.39 Å². The average molecular weight is 329 g/mol. The molecule has 1 saturated heterocycles. The molecule has 0 N–H and O–H groups in total. The van der Waals surface area contributed by atoms with E-state index in [0.29, 0.717) is 18.3 Å². The fourth-order valence-corrected chi connectivity index (χ4v) is 3.60. The van der Waals surface area contributed by atoms with Crippen molar-refractivity contribution >= 4 is 11.3 Å². The zero-order valence-electron chi connectivity index (χ0n) is 12.5. The highest BCUT2D eigenvalue weighted by molar-refractivity contribution is 7.13. The van der Waals surface area contributed by atoms with Crippen LogP contribution in [0.3, 0.4) is 0 Å². The zero-order chi connectivity index (χ0) is 15.6. The van der Waals surface area contributed by atoms with E-state index in [1.165, 1.54) is 6.07 Å². The summed E-state index contributed by atoms with van der Waals surface area (Å²) in [5.41, 5.74) is 0.734. The number of aromatic nitrogens is 2. The summed E-state index contributed by atoms with van der Waals surface area (Å²) in [6, 6.07) is 10.9. The van der Waals surface area contributed by atoms with Gasteiger partial charge >= 0.3 is 0 Å². The van der Waals surface area contributed by atoms with E-state index in [1.807, 2.05) is 29.6 Å². The molecular weight excluding hydrogens is 313 g/mol. The fraction of sp³-hybridized carbons (Fsp3) is 0.294. The van der Waals surface area contributed by atoms with Crippen molar-refractivity contribution in [3.63, 3.8) is 0 Å². The molecule has 0 radical (unpaired) electrons. The molecule has 6 heteroatoms. The third-order valence-corrected chi connectivity index (χ3v) is 5.02. The third kappa shape index (κ3) is 3.04. The van der Waals surface area contributed by atoms with Gasteiger partial charge in [-0.3, -0.25) is 4.90 Å². The first kappa shape index (κ1) is 14.5. The molecule has 0 spiro atoms. The molecule has 0 bridgehead atoms. The molecule has 1 aromatic carbocycles. The van der Waals surface area contributed by atoms with Gasteiger partial charge < -0.3 is 4.52 Å². The Hall–Kier alpha value is -2.05. The molecule has 4 nitrogen and oxygen atoms in total. The van der Waals surface area contributed by atoms with Gasteiger partial charge in [0.05, 0.1) is 10.8 Å². The Morgan fingerprint density at radius 3 is 3.00 bits per heavy atom. The van der Waals surface area contributed by atoms with Crippen molar-refractivity contribution in [2.24, 2.45) is 0 Å². The Labute approximate surface area is 137 Å². The first-order chi connectivity index (χ1) is 11.3. The lowest BCUT2D eigenvalue weighted by Gasteiger charge is -2.15. The van der Waals surface area contributed by atoms with E-state index < -0.39 is 0 Å². The first-order valence-corrected chi connectivity index (χ1v) is 8.51. The Kier molecular flexibility index (Phi) is 3.93. The molecule has 1 atom stereocenters. The summed E-state index contributed by atoms with van der Waals surface area (Å²) in [7, 11) is 0. The van der Waals surface area contributed by atoms with Gasteiger partial charge in [-0.1, -0.05) is 29.4 Å². The second-order valence-corrected chi connectivity index (χ2v) is 6.69. The zero-order valence-corrected chi connectivity index (χ0v) is 13.3. The van der Waals surface area contributed by atoms with Crippen molar-refractivity contribution in [3.8, 4) is 10.7 Å². The first-order valence-electron chi connectivity index (χ1n) is 7.63. The summed E-state index contributed by atoms with van der Waals surface area (Å²) in [6.07, 6.45) is 0.959. The lowest BCUT2D eigenvalue weighted by molar-refractivity contribution is 0.305. The maximum absolute atomic E-state index is 13.8. The molecule has 0 amide bonds. The highest BCUT2D eigenvalue weighted by atomic mass is 32.1. The molecule has 0 unspecified atom stereocenters.